The number of benzene rings is 2. The Labute approximate surface area is 176 Å². The zero-order valence-corrected chi connectivity index (χ0v) is 17.5. The molecule has 2 aromatic rings. The molecule has 0 heterocycles. The van der Waals surface area contributed by atoms with Crippen LogP contribution in [0.5, 0.6) is 0 Å². The van der Waals surface area contributed by atoms with Crippen molar-refractivity contribution in [2.24, 2.45) is 5.92 Å². The molecule has 7 nitrogen and oxygen atoms in total. The van der Waals surface area contributed by atoms with Crippen molar-refractivity contribution in [2.45, 2.75) is 37.0 Å². The summed E-state index contributed by atoms with van der Waals surface area (Å²) in [6.45, 7) is 0.249. The monoisotopic (exact) mass is 430 g/mol. The van der Waals surface area contributed by atoms with Gasteiger partial charge in [0.1, 0.15) is 0 Å². The Hall–Kier alpha value is -2.87. The van der Waals surface area contributed by atoms with E-state index in [1.54, 1.807) is 30.3 Å². The van der Waals surface area contributed by atoms with Gasteiger partial charge >= 0.3 is 5.97 Å². The number of sulfonamides is 1. The van der Waals surface area contributed by atoms with Crippen LogP contribution in [0.2, 0.25) is 0 Å². The predicted molar refractivity (Wildman–Crippen MR) is 114 cm³/mol. The molecule has 0 aromatic heterocycles. The minimum absolute atomic E-state index is 0.0214. The summed E-state index contributed by atoms with van der Waals surface area (Å²) in [7, 11) is -3.77. The summed E-state index contributed by atoms with van der Waals surface area (Å²) in [6, 6.07) is 13.9. The van der Waals surface area contributed by atoms with E-state index >= 15 is 0 Å². The van der Waals surface area contributed by atoms with Crippen LogP contribution in [-0.4, -0.2) is 33.4 Å². The second-order valence-corrected chi connectivity index (χ2v) is 9.06. The normalized spacial score (nSPS) is 14.7. The molecule has 1 saturated carbocycles. The summed E-state index contributed by atoms with van der Waals surface area (Å²) in [5, 5.41) is 2.81. The Bertz CT molecular complexity index is 953. The number of amides is 1. The predicted octanol–water partition coefficient (Wildman–Crippen LogP) is 3.34. The fourth-order valence-corrected chi connectivity index (χ4v) is 4.46. The number of anilines is 1. The van der Waals surface area contributed by atoms with Gasteiger partial charge < -0.3 is 10.1 Å². The van der Waals surface area contributed by atoms with Crippen LogP contribution >= 0.6 is 0 Å². The van der Waals surface area contributed by atoms with Gasteiger partial charge in [0.25, 0.3) is 15.9 Å². The largest absolute Gasteiger partial charge is 0.452 e. The molecule has 0 spiro atoms. The van der Waals surface area contributed by atoms with E-state index in [0.717, 1.165) is 12.8 Å². The molecule has 2 N–H and O–H groups in total. The molecule has 160 valence electrons. The SMILES string of the molecule is O=C(COC(=O)c1ccc(S(=O)(=O)Nc2ccccc2)cc1)NCC1CCCCC1. The van der Waals surface area contributed by atoms with Gasteiger partial charge in [0.2, 0.25) is 0 Å². The van der Waals surface area contributed by atoms with Crippen molar-refractivity contribution in [3.05, 3.63) is 60.2 Å². The van der Waals surface area contributed by atoms with E-state index in [1.165, 1.54) is 43.5 Å². The Balaban J connectivity index is 1.49. The van der Waals surface area contributed by atoms with Crippen molar-refractivity contribution in [1.29, 1.82) is 0 Å². The lowest BCUT2D eigenvalue weighted by molar-refractivity contribution is -0.124. The molecule has 0 radical (unpaired) electrons. The highest BCUT2D eigenvalue weighted by atomic mass is 32.2. The number of carbonyl (C=O) groups excluding carboxylic acids is 2. The lowest BCUT2D eigenvalue weighted by Crippen LogP contribution is -2.33. The van der Waals surface area contributed by atoms with Gasteiger partial charge in [0.05, 0.1) is 10.5 Å². The maximum Gasteiger partial charge on any atom is 0.338 e. The average Bonchev–Trinajstić information content (AvgIpc) is 2.77. The van der Waals surface area contributed by atoms with Crippen LogP contribution < -0.4 is 10.0 Å². The smallest absolute Gasteiger partial charge is 0.338 e. The molecule has 1 fully saturated rings. The van der Waals surface area contributed by atoms with Crippen molar-refractivity contribution in [3.8, 4) is 0 Å². The number of hydrogen-bond acceptors (Lipinski definition) is 5. The minimum atomic E-state index is -3.77. The van der Waals surface area contributed by atoms with E-state index in [2.05, 4.69) is 10.0 Å². The van der Waals surface area contributed by atoms with Gasteiger partial charge in [0, 0.05) is 12.2 Å². The summed E-state index contributed by atoms with van der Waals surface area (Å²) in [4.78, 5) is 24.1. The summed E-state index contributed by atoms with van der Waals surface area (Å²) < 4.78 is 32.3. The minimum Gasteiger partial charge on any atom is -0.452 e. The van der Waals surface area contributed by atoms with Gasteiger partial charge in [-0.1, -0.05) is 37.5 Å². The molecule has 3 rings (SSSR count). The molecule has 0 aliphatic heterocycles. The maximum absolute atomic E-state index is 12.4. The standard InChI is InChI=1S/C22H26N2O5S/c25-21(23-15-17-7-3-1-4-8-17)16-29-22(26)18-11-13-20(14-12-18)30(27,28)24-19-9-5-2-6-10-19/h2,5-6,9-14,17,24H,1,3-4,7-8,15-16H2,(H,23,25). The fraction of sp³-hybridized carbons (Fsp3) is 0.364. The number of carbonyl (C=O) groups is 2. The van der Waals surface area contributed by atoms with Gasteiger partial charge in [-0.3, -0.25) is 9.52 Å². The first kappa shape index (κ1) is 21.8. The van der Waals surface area contributed by atoms with Crippen molar-refractivity contribution < 1.29 is 22.7 Å². The van der Waals surface area contributed by atoms with Crippen LogP contribution in [0.1, 0.15) is 42.5 Å². The Morgan fingerprint density at radius 3 is 2.27 bits per heavy atom. The average molecular weight is 431 g/mol. The van der Waals surface area contributed by atoms with Crippen molar-refractivity contribution in [1.82, 2.24) is 5.32 Å². The summed E-state index contributed by atoms with van der Waals surface area (Å²) >= 11 is 0. The molecule has 1 aliphatic carbocycles. The highest BCUT2D eigenvalue weighted by Crippen LogP contribution is 2.22. The van der Waals surface area contributed by atoms with Crippen LogP contribution in [0.3, 0.4) is 0 Å². The number of rotatable bonds is 8. The number of para-hydroxylation sites is 1. The molecule has 8 heteroatoms. The third-order valence-electron chi connectivity index (χ3n) is 5.07. The van der Waals surface area contributed by atoms with Crippen molar-refractivity contribution in [2.75, 3.05) is 17.9 Å². The quantitative estimate of drug-likeness (QED) is 0.626. The van der Waals surface area contributed by atoms with Gasteiger partial charge in [-0.25, -0.2) is 13.2 Å². The zero-order valence-electron chi connectivity index (χ0n) is 16.7. The summed E-state index contributed by atoms with van der Waals surface area (Å²) in [6.07, 6.45) is 5.89. The first-order chi connectivity index (χ1) is 14.4. The Kier molecular flexibility index (Phi) is 7.46. The molecule has 0 unspecified atom stereocenters. The molecule has 0 bridgehead atoms. The molecule has 2 aromatic carbocycles. The van der Waals surface area contributed by atoms with Gasteiger partial charge in [-0.15, -0.1) is 0 Å². The molecular formula is C22H26N2O5S. The summed E-state index contributed by atoms with van der Waals surface area (Å²) in [5.74, 6) is -0.514. The van der Waals surface area contributed by atoms with Crippen LogP contribution in [0.15, 0.2) is 59.5 Å². The fourth-order valence-electron chi connectivity index (χ4n) is 3.41. The zero-order chi connectivity index (χ0) is 21.4. The first-order valence-corrected chi connectivity index (χ1v) is 11.5. The highest BCUT2D eigenvalue weighted by molar-refractivity contribution is 7.92. The van der Waals surface area contributed by atoms with Gasteiger partial charge in [-0.2, -0.15) is 0 Å². The Morgan fingerprint density at radius 2 is 1.60 bits per heavy atom. The first-order valence-electron chi connectivity index (χ1n) is 10.1. The molecule has 1 amide bonds. The van der Waals surface area contributed by atoms with Gasteiger partial charge in [-0.05, 0) is 55.2 Å². The second kappa shape index (κ2) is 10.2. The third-order valence-corrected chi connectivity index (χ3v) is 6.47. The van der Waals surface area contributed by atoms with Crippen molar-refractivity contribution >= 4 is 27.6 Å². The highest BCUT2D eigenvalue weighted by Gasteiger charge is 2.17. The van der Waals surface area contributed by atoms with E-state index in [1.807, 2.05) is 0 Å². The van der Waals surface area contributed by atoms with E-state index in [-0.39, 0.29) is 23.0 Å². The molecular weight excluding hydrogens is 404 g/mol. The van der Waals surface area contributed by atoms with Gasteiger partial charge in [0.15, 0.2) is 6.61 Å². The van der Waals surface area contributed by atoms with Crippen LogP contribution in [0.4, 0.5) is 5.69 Å². The summed E-state index contributed by atoms with van der Waals surface area (Å²) in [5.41, 5.74) is 0.619. The van der Waals surface area contributed by atoms with Crippen molar-refractivity contribution in [3.63, 3.8) is 0 Å². The number of esters is 1. The number of hydrogen-bond donors (Lipinski definition) is 2. The van der Waals surface area contributed by atoms with E-state index in [4.69, 9.17) is 4.74 Å². The maximum atomic E-state index is 12.4. The Morgan fingerprint density at radius 1 is 0.933 bits per heavy atom. The van der Waals surface area contributed by atoms with Crippen LogP contribution in [0, 0.1) is 5.92 Å². The lowest BCUT2D eigenvalue weighted by Gasteiger charge is -2.21. The topological polar surface area (TPSA) is 102 Å². The van der Waals surface area contributed by atoms with E-state index in [9.17, 15) is 18.0 Å². The molecule has 0 atom stereocenters. The molecule has 30 heavy (non-hydrogen) atoms. The van der Waals surface area contributed by atoms with Crippen LogP contribution in [-0.2, 0) is 19.6 Å². The number of nitrogens with one attached hydrogen (secondary N) is 2. The van der Waals surface area contributed by atoms with E-state index < -0.39 is 16.0 Å². The van der Waals surface area contributed by atoms with E-state index in [0.29, 0.717) is 18.2 Å². The molecule has 0 saturated heterocycles. The molecule has 1 aliphatic rings. The van der Waals surface area contributed by atoms with Crippen LogP contribution in [0.25, 0.3) is 0 Å². The lowest BCUT2D eigenvalue weighted by atomic mass is 9.89. The second-order valence-electron chi connectivity index (χ2n) is 7.38. The third kappa shape index (κ3) is 6.32. The number of ether oxygens (including phenoxy) is 1.